The van der Waals surface area contributed by atoms with E-state index in [4.69, 9.17) is 14.7 Å². The van der Waals surface area contributed by atoms with Gasteiger partial charge in [0, 0.05) is 17.8 Å². The van der Waals surface area contributed by atoms with Gasteiger partial charge in [0.1, 0.15) is 17.2 Å². The fourth-order valence-corrected chi connectivity index (χ4v) is 5.09. The first kappa shape index (κ1) is 38.5. The third-order valence-corrected chi connectivity index (χ3v) is 8.08. The van der Waals surface area contributed by atoms with E-state index in [0.717, 1.165) is 0 Å². The molecule has 0 aliphatic carbocycles. The Morgan fingerprint density at radius 1 is 0.306 bits per heavy atom. The molecule has 0 aliphatic heterocycles. The number of aromatic hydroxyl groups is 3. The van der Waals surface area contributed by atoms with Crippen LogP contribution in [0.25, 0.3) is 0 Å². The van der Waals surface area contributed by atoms with Gasteiger partial charge < -0.3 is 30.0 Å². The van der Waals surface area contributed by atoms with Gasteiger partial charge in [-0.2, -0.15) is 0 Å². The van der Waals surface area contributed by atoms with E-state index < -0.39 is 8.60 Å². The minimum absolute atomic E-state index is 0.319. The van der Waals surface area contributed by atoms with Gasteiger partial charge in [-0.15, -0.1) is 0 Å². The van der Waals surface area contributed by atoms with Crippen LogP contribution in [0.4, 0.5) is 0 Å². The molecule has 0 amide bonds. The number of hydrogen-bond acceptors (Lipinski definition) is 6. The summed E-state index contributed by atoms with van der Waals surface area (Å²) < 4.78 is 0. The van der Waals surface area contributed by atoms with Crippen molar-refractivity contribution >= 4 is 8.60 Å². The summed E-state index contributed by atoms with van der Waals surface area (Å²) in [6.07, 6.45) is 0. The summed E-state index contributed by atoms with van der Waals surface area (Å²) in [5, 5.41) is 27.6. The Hall–Kier alpha value is -4.97. The van der Waals surface area contributed by atoms with Crippen LogP contribution >= 0.6 is 8.60 Å². The van der Waals surface area contributed by atoms with Crippen molar-refractivity contribution in [1.82, 2.24) is 0 Å². The molecule has 6 aromatic rings. The number of phenolic OH excluding ortho intramolecular Hbond substituents is 3. The molecule has 0 radical (unpaired) electrons. The highest BCUT2D eigenvalue weighted by Crippen LogP contribution is 2.27. The summed E-state index contributed by atoms with van der Waals surface area (Å²) >= 11 is 0. The summed E-state index contributed by atoms with van der Waals surface area (Å²) in [4.78, 5) is 21.7. The van der Waals surface area contributed by atoms with E-state index in [1.54, 1.807) is 36.4 Å². The van der Waals surface area contributed by atoms with Crippen LogP contribution in [0.15, 0.2) is 164 Å². The maximum atomic E-state index is 9.21. The van der Waals surface area contributed by atoms with E-state index in [1.807, 2.05) is 91.0 Å². The molecule has 49 heavy (non-hydrogen) atoms. The Labute approximate surface area is 290 Å². The predicted octanol–water partition coefficient (Wildman–Crippen LogP) is 9.82. The Kier molecular flexibility index (Phi) is 16.0. The smallest absolute Gasteiger partial charge is 0.324 e. The van der Waals surface area contributed by atoms with Crippen LogP contribution in [0.1, 0.15) is 71.9 Å². The van der Waals surface area contributed by atoms with E-state index in [0.29, 0.717) is 35.0 Å². The second-order valence-corrected chi connectivity index (χ2v) is 12.0. The summed E-state index contributed by atoms with van der Waals surface area (Å²) in [6.45, 7) is 6.51. The standard InChI is InChI=1S/3C14H14O.H3O3P/c3*1-11(12-5-3-2-4-6-12)13-7-9-14(15)10-8-13;1-4(2)3/h3*2-11,15H,1H3;1-3H. The molecule has 3 atom stereocenters. The molecule has 7 heteroatoms. The lowest BCUT2D eigenvalue weighted by Gasteiger charge is -2.12. The lowest BCUT2D eigenvalue weighted by molar-refractivity contribution is 0.368. The maximum Gasteiger partial charge on any atom is 0.324 e. The molecular formula is C42H45O6P. The fraction of sp³-hybridized carbons (Fsp3) is 0.143. The SMILES string of the molecule is CC(c1ccccc1)c1ccc(O)cc1.CC(c1ccccc1)c1ccc(O)cc1.CC(c1ccccc1)c1ccc(O)cc1.OP(O)O. The van der Waals surface area contributed by atoms with Gasteiger partial charge in [0.25, 0.3) is 0 Å². The van der Waals surface area contributed by atoms with Crippen LogP contribution in [-0.2, 0) is 0 Å². The van der Waals surface area contributed by atoms with E-state index in [2.05, 4.69) is 57.2 Å². The van der Waals surface area contributed by atoms with Crippen molar-refractivity contribution in [2.24, 2.45) is 0 Å². The quantitative estimate of drug-likeness (QED) is 0.0977. The van der Waals surface area contributed by atoms with Crippen LogP contribution in [-0.4, -0.2) is 30.0 Å². The average molecular weight is 677 g/mol. The fourth-order valence-electron chi connectivity index (χ4n) is 5.09. The van der Waals surface area contributed by atoms with Crippen molar-refractivity contribution in [3.05, 3.63) is 197 Å². The van der Waals surface area contributed by atoms with Crippen molar-refractivity contribution in [2.75, 3.05) is 0 Å². The monoisotopic (exact) mass is 676 g/mol. The molecule has 6 nitrogen and oxygen atoms in total. The summed E-state index contributed by atoms with van der Waals surface area (Å²) in [5.74, 6) is 2.06. The Bertz CT molecular complexity index is 1520. The van der Waals surface area contributed by atoms with Gasteiger partial charge in [0.2, 0.25) is 0 Å². The molecule has 0 saturated heterocycles. The van der Waals surface area contributed by atoms with Crippen molar-refractivity contribution in [2.45, 2.75) is 38.5 Å². The average Bonchev–Trinajstić information content (AvgIpc) is 3.13. The zero-order valence-corrected chi connectivity index (χ0v) is 28.8. The highest BCUT2D eigenvalue weighted by atomic mass is 31.2. The minimum Gasteiger partial charge on any atom is -0.508 e. The zero-order chi connectivity index (χ0) is 35.6. The van der Waals surface area contributed by atoms with E-state index in [9.17, 15) is 15.3 Å². The Morgan fingerprint density at radius 2 is 0.469 bits per heavy atom. The number of hydrogen-bond donors (Lipinski definition) is 6. The first-order chi connectivity index (χ1) is 23.5. The third-order valence-electron chi connectivity index (χ3n) is 8.08. The van der Waals surface area contributed by atoms with Gasteiger partial charge in [-0.1, -0.05) is 148 Å². The number of phenols is 3. The molecule has 0 aromatic heterocycles. The van der Waals surface area contributed by atoms with Crippen molar-refractivity contribution in [1.29, 1.82) is 0 Å². The van der Waals surface area contributed by atoms with Gasteiger partial charge in [0.05, 0.1) is 0 Å². The molecule has 0 saturated carbocycles. The highest BCUT2D eigenvalue weighted by molar-refractivity contribution is 7.38. The normalized spacial score (nSPS) is 12.1. The Balaban J connectivity index is 0.000000188. The molecule has 3 unspecified atom stereocenters. The number of rotatable bonds is 6. The van der Waals surface area contributed by atoms with Gasteiger partial charge >= 0.3 is 8.60 Å². The van der Waals surface area contributed by atoms with Crippen LogP contribution in [0.5, 0.6) is 17.2 Å². The van der Waals surface area contributed by atoms with Crippen LogP contribution in [0, 0.1) is 0 Å². The van der Waals surface area contributed by atoms with E-state index in [1.165, 1.54) is 33.4 Å². The molecular weight excluding hydrogens is 631 g/mol. The van der Waals surface area contributed by atoms with Gasteiger partial charge in [0.15, 0.2) is 0 Å². The molecule has 6 rings (SSSR count). The third kappa shape index (κ3) is 13.6. The summed E-state index contributed by atoms with van der Waals surface area (Å²) in [7, 11) is -2.62. The molecule has 6 aromatic carbocycles. The lowest BCUT2D eigenvalue weighted by atomic mass is 9.93. The molecule has 0 fully saturated rings. The Morgan fingerprint density at radius 3 is 0.653 bits per heavy atom. The molecule has 0 heterocycles. The zero-order valence-electron chi connectivity index (χ0n) is 28.0. The maximum absolute atomic E-state index is 9.21. The molecule has 6 N–H and O–H groups in total. The molecule has 254 valence electrons. The largest absolute Gasteiger partial charge is 0.508 e. The first-order valence-corrected chi connectivity index (χ1v) is 17.1. The second-order valence-electron chi connectivity index (χ2n) is 11.4. The first-order valence-electron chi connectivity index (χ1n) is 15.9. The second kappa shape index (κ2) is 20.4. The minimum atomic E-state index is -2.62. The van der Waals surface area contributed by atoms with Gasteiger partial charge in [-0.25, -0.2) is 0 Å². The van der Waals surface area contributed by atoms with Gasteiger partial charge in [-0.05, 0) is 69.8 Å². The predicted molar refractivity (Wildman–Crippen MR) is 200 cm³/mol. The number of benzene rings is 6. The summed E-state index contributed by atoms with van der Waals surface area (Å²) in [5.41, 5.74) is 7.55. The summed E-state index contributed by atoms with van der Waals surface area (Å²) in [6, 6.07) is 53.3. The molecule has 0 bridgehead atoms. The van der Waals surface area contributed by atoms with E-state index in [-0.39, 0.29) is 0 Å². The molecule has 0 spiro atoms. The topological polar surface area (TPSA) is 121 Å². The molecule has 0 aliphatic rings. The lowest BCUT2D eigenvalue weighted by Crippen LogP contribution is -1.94. The van der Waals surface area contributed by atoms with E-state index >= 15 is 0 Å². The van der Waals surface area contributed by atoms with Crippen LogP contribution < -0.4 is 0 Å². The van der Waals surface area contributed by atoms with Crippen LogP contribution in [0.3, 0.4) is 0 Å². The van der Waals surface area contributed by atoms with Crippen LogP contribution in [0.2, 0.25) is 0 Å². The van der Waals surface area contributed by atoms with Crippen molar-refractivity contribution in [3.8, 4) is 17.2 Å². The van der Waals surface area contributed by atoms with Crippen molar-refractivity contribution in [3.63, 3.8) is 0 Å². The highest BCUT2D eigenvalue weighted by Gasteiger charge is 2.09. The van der Waals surface area contributed by atoms with Gasteiger partial charge in [-0.3, -0.25) is 0 Å². The van der Waals surface area contributed by atoms with Crippen molar-refractivity contribution < 1.29 is 30.0 Å².